The number of rotatable bonds is 5. The second kappa shape index (κ2) is 6.74. The third kappa shape index (κ3) is 3.31. The molecule has 0 aromatic heterocycles. The van der Waals surface area contributed by atoms with Gasteiger partial charge < -0.3 is 4.74 Å². The monoisotopic (exact) mass is 281 g/mol. The molecule has 1 saturated heterocycles. The molecule has 0 radical (unpaired) electrons. The van der Waals surface area contributed by atoms with Crippen LogP contribution in [-0.4, -0.2) is 36.1 Å². The van der Waals surface area contributed by atoms with Crippen molar-refractivity contribution in [3.63, 3.8) is 0 Å². The Hall–Kier alpha value is -0.570. The standard InChI is InChI=1S/C16H24ClNO/c1-4-12(2)16-15(17)14(19-3)11-18(16)10-13-8-6-5-7-9-13/h5-9,12,14-16H,4,10-11H2,1-3H3/t12-,14+,15+,16+/m0/s1. The lowest BCUT2D eigenvalue weighted by molar-refractivity contribution is 0.109. The lowest BCUT2D eigenvalue weighted by Crippen LogP contribution is -2.38. The highest BCUT2D eigenvalue weighted by Crippen LogP contribution is 2.32. The molecule has 4 atom stereocenters. The van der Waals surface area contributed by atoms with Crippen LogP contribution in [0.5, 0.6) is 0 Å². The predicted molar refractivity (Wildman–Crippen MR) is 80.5 cm³/mol. The molecule has 0 spiro atoms. The first-order chi connectivity index (χ1) is 9.17. The molecule has 0 N–H and O–H groups in total. The van der Waals surface area contributed by atoms with Gasteiger partial charge in [-0.05, 0) is 11.5 Å². The van der Waals surface area contributed by atoms with E-state index in [2.05, 4.69) is 49.1 Å². The van der Waals surface area contributed by atoms with Crippen molar-refractivity contribution in [3.8, 4) is 0 Å². The Morgan fingerprint density at radius 2 is 2.05 bits per heavy atom. The van der Waals surface area contributed by atoms with Gasteiger partial charge in [0.05, 0.1) is 11.5 Å². The summed E-state index contributed by atoms with van der Waals surface area (Å²) in [5.74, 6) is 0.589. The van der Waals surface area contributed by atoms with Gasteiger partial charge in [0, 0.05) is 26.2 Å². The van der Waals surface area contributed by atoms with Crippen molar-refractivity contribution in [1.82, 2.24) is 4.90 Å². The van der Waals surface area contributed by atoms with Gasteiger partial charge >= 0.3 is 0 Å². The fraction of sp³-hybridized carbons (Fsp3) is 0.625. The van der Waals surface area contributed by atoms with Gasteiger partial charge in [-0.1, -0.05) is 50.6 Å². The van der Waals surface area contributed by atoms with E-state index in [4.69, 9.17) is 16.3 Å². The van der Waals surface area contributed by atoms with Crippen LogP contribution < -0.4 is 0 Å². The van der Waals surface area contributed by atoms with E-state index in [1.165, 1.54) is 5.56 Å². The number of benzene rings is 1. The Bertz CT molecular complexity index is 384. The molecule has 2 nitrogen and oxygen atoms in total. The van der Waals surface area contributed by atoms with Crippen LogP contribution in [0.25, 0.3) is 0 Å². The molecule has 2 rings (SSSR count). The lowest BCUT2D eigenvalue weighted by Gasteiger charge is -2.30. The Kier molecular flexibility index (Phi) is 5.26. The normalized spacial score (nSPS) is 29.6. The zero-order valence-electron chi connectivity index (χ0n) is 12.1. The molecule has 0 aliphatic carbocycles. The van der Waals surface area contributed by atoms with Crippen molar-refractivity contribution in [3.05, 3.63) is 35.9 Å². The summed E-state index contributed by atoms with van der Waals surface area (Å²) in [5.41, 5.74) is 1.34. The first-order valence-electron chi connectivity index (χ1n) is 7.12. The maximum absolute atomic E-state index is 6.61. The third-order valence-corrected chi connectivity index (χ3v) is 4.81. The molecule has 3 heteroatoms. The van der Waals surface area contributed by atoms with Gasteiger partial charge in [0.25, 0.3) is 0 Å². The zero-order chi connectivity index (χ0) is 13.8. The highest BCUT2D eigenvalue weighted by atomic mass is 35.5. The Morgan fingerprint density at radius 1 is 1.37 bits per heavy atom. The molecule has 0 bridgehead atoms. The number of hydrogen-bond acceptors (Lipinski definition) is 2. The van der Waals surface area contributed by atoms with E-state index in [1.807, 2.05) is 0 Å². The second-order valence-electron chi connectivity index (χ2n) is 5.51. The Morgan fingerprint density at radius 3 is 2.63 bits per heavy atom. The first kappa shape index (κ1) is 14.8. The maximum Gasteiger partial charge on any atom is 0.0877 e. The summed E-state index contributed by atoms with van der Waals surface area (Å²) in [6.07, 6.45) is 1.29. The minimum Gasteiger partial charge on any atom is -0.379 e. The van der Waals surface area contributed by atoms with Crippen LogP contribution in [0.2, 0.25) is 0 Å². The Labute approximate surface area is 121 Å². The molecular weight excluding hydrogens is 258 g/mol. The summed E-state index contributed by atoms with van der Waals surface area (Å²) in [6, 6.07) is 11.0. The summed E-state index contributed by atoms with van der Waals surface area (Å²) < 4.78 is 5.54. The molecule has 1 fully saturated rings. The zero-order valence-corrected chi connectivity index (χ0v) is 12.8. The van der Waals surface area contributed by atoms with Gasteiger partial charge in [0.1, 0.15) is 0 Å². The quantitative estimate of drug-likeness (QED) is 0.766. The fourth-order valence-corrected chi connectivity index (χ4v) is 3.57. The number of alkyl halides is 1. The number of likely N-dealkylation sites (tertiary alicyclic amines) is 1. The topological polar surface area (TPSA) is 12.5 Å². The third-order valence-electron chi connectivity index (χ3n) is 4.28. The maximum atomic E-state index is 6.61. The summed E-state index contributed by atoms with van der Waals surface area (Å²) in [6.45, 7) is 6.40. The van der Waals surface area contributed by atoms with E-state index < -0.39 is 0 Å². The highest BCUT2D eigenvalue weighted by molar-refractivity contribution is 6.21. The second-order valence-corrected chi connectivity index (χ2v) is 6.01. The van der Waals surface area contributed by atoms with Crippen LogP contribution in [0, 0.1) is 5.92 Å². The smallest absolute Gasteiger partial charge is 0.0877 e. The summed E-state index contributed by atoms with van der Waals surface area (Å²) in [7, 11) is 1.76. The number of hydrogen-bond donors (Lipinski definition) is 0. The van der Waals surface area contributed by atoms with Gasteiger partial charge in [-0.15, -0.1) is 11.6 Å². The van der Waals surface area contributed by atoms with E-state index in [1.54, 1.807) is 7.11 Å². The Balaban J connectivity index is 2.12. The molecule has 19 heavy (non-hydrogen) atoms. The van der Waals surface area contributed by atoms with Crippen LogP contribution in [0.3, 0.4) is 0 Å². The molecule has 0 saturated carbocycles. The first-order valence-corrected chi connectivity index (χ1v) is 7.55. The molecule has 0 unspecified atom stereocenters. The van der Waals surface area contributed by atoms with Crippen molar-refractivity contribution in [2.45, 2.75) is 44.3 Å². The number of nitrogens with zero attached hydrogens (tertiary/aromatic N) is 1. The highest BCUT2D eigenvalue weighted by Gasteiger charge is 2.42. The number of ether oxygens (including phenoxy) is 1. The SMILES string of the molecule is CC[C@H](C)[C@@H]1[C@H](Cl)[C@H](OC)CN1Cc1ccccc1. The molecule has 1 aromatic rings. The van der Waals surface area contributed by atoms with Crippen molar-refractivity contribution < 1.29 is 4.74 Å². The van der Waals surface area contributed by atoms with Crippen LogP contribution >= 0.6 is 11.6 Å². The van der Waals surface area contributed by atoms with Crippen molar-refractivity contribution in [1.29, 1.82) is 0 Å². The van der Waals surface area contributed by atoms with Crippen LogP contribution in [0.4, 0.5) is 0 Å². The predicted octanol–water partition coefficient (Wildman–Crippen LogP) is 3.54. The van der Waals surface area contributed by atoms with E-state index in [0.717, 1.165) is 19.5 Å². The summed E-state index contributed by atoms with van der Waals surface area (Å²) in [5, 5.41) is 0.0867. The van der Waals surface area contributed by atoms with Crippen LogP contribution in [-0.2, 0) is 11.3 Å². The molecule has 106 valence electrons. The van der Waals surface area contributed by atoms with Gasteiger partial charge in [-0.2, -0.15) is 0 Å². The number of halogens is 1. The van der Waals surface area contributed by atoms with Crippen molar-refractivity contribution in [2.75, 3.05) is 13.7 Å². The molecule has 1 heterocycles. The average molecular weight is 282 g/mol. The molecule has 1 aliphatic heterocycles. The van der Waals surface area contributed by atoms with E-state index in [-0.39, 0.29) is 11.5 Å². The number of methoxy groups -OCH3 is 1. The van der Waals surface area contributed by atoms with E-state index in [9.17, 15) is 0 Å². The minimum atomic E-state index is 0.0867. The lowest BCUT2D eigenvalue weighted by atomic mass is 9.96. The van der Waals surface area contributed by atoms with E-state index in [0.29, 0.717) is 12.0 Å². The molecule has 1 aromatic carbocycles. The van der Waals surface area contributed by atoms with Crippen LogP contribution in [0.15, 0.2) is 30.3 Å². The fourth-order valence-electron chi connectivity index (χ4n) is 2.98. The van der Waals surface area contributed by atoms with Gasteiger partial charge in [0.15, 0.2) is 0 Å². The van der Waals surface area contributed by atoms with Gasteiger partial charge in [-0.3, -0.25) is 4.90 Å². The van der Waals surface area contributed by atoms with Gasteiger partial charge in [0.2, 0.25) is 0 Å². The van der Waals surface area contributed by atoms with Crippen LogP contribution in [0.1, 0.15) is 25.8 Å². The van der Waals surface area contributed by atoms with Crippen molar-refractivity contribution >= 4 is 11.6 Å². The molecule has 1 aliphatic rings. The summed E-state index contributed by atoms with van der Waals surface area (Å²) in [4.78, 5) is 2.48. The van der Waals surface area contributed by atoms with E-state index >= 15 is 0 Å². The molecule has 0 amide bonds. The largest absolute Gasteiger partial charge is 0.379 e. The summed E-state index contributed by atoms with van der Waals surface area (Å²) >= 11 is 6.61. The molecular formula is C16H24ClNO. The van der Waals surface area contributed by atoms with Gasteiger partial charge in [-0.25, -0.2) is 0 Å². The average Bonchev–Trinajstić information content (AvgIpc) is 2.75. The minimum absolute atomic E-state index is 0.0867. The van der Waals surface area contributed by atoms with Crippen molar-refractivity contribution in [2.24, 2.45) is 5.92 Å².